The van der Waals surface area contributed by atoms with Crippen molar-refractivity contribution in [3.8, 4) is 6.07 Å². The van der Waals surface area contributed by atoms with E-state index in [1.807, 2.05) is 6.07 Å². The van der Waals surface area contributed by atoms with E-state index in [-0.39, 0.29) is 5.56 Å². The van der Waals surface area contributed by atoms with Crippen LogP contribution in [0.3, 0.4) is 0 Å². The molecule has 2 aromatic rings. The molecule has 5 nitrogen and oxygen atoms in total. The summed E-state index contributed by atoms with van der Waals surface area (Å²) in [6.45, 7) is 1.60. The van der Waals surface area contributed by atoms with Crippen LogP contribution in [0.25, 0.3) is 10.9 Å². The van der Waals surface area contributed by atoms with Gasteiger partial charge in [-0.15, -0.1) is 0 Å². The van der Waals surface area contributed by atoms with Crippen molar-refractivity contribution in [3.05, 3.63) is 39.9 Å². The van der Waals surface area contributed by atoms with Gasteiger partial charge in [-0.2, -0.15) is 5.26 Å². The molecule has 1 atom stereocenters. The lowest BCUT2D eigenvalue weighted by molar-refractivity contribution is 0.194. The van der Waals surface area contributed by atoms with Crippen molar-refractivity contribution in [2.24, 2.45) is 0 Å². The van der Waals surface area contributed by atoms with Crippen molar-refractivity contribution in [3.63, 3.8) is 0 Å². The normalized spacial score (nSPS) is 12.3. The third kappa shape index (κ3) is 1.66. The molecule has 0 aliphatic carbocycles. The summed E-state index contributed by atoms with van der Waals surface area (Å²) >= 11 is 0. The Morgan fingerprint density at radius 2 is 2.31 bits per heavy atom. The van der Waals surface area contributed by atoms with Crippen LogP contribution in [0.4, 0.5) is 0 Å². The zero-order valence-electron chi connectivity index (χ0n) is 8.56. The van der Waals surface area contributed by atoms with Crippen molar-refractivity contribution in [1.82, 2.24) is 9.97 Å². The number of aromatic nitrogens is 2. The third-order valence-electron chi connectivity index (χ3n) is 2.30. The van der Waals surface area contributed by atoms with E-state index in [1.54, 1.807) is 13.0 Å². The summed E-state index contributed by atoms with van der Waals surface area (Å²) < 4.78 is 0. The van der Waals surface area contributed by atoms with Crippen LogP contribution in [-0.4, -0.2) is 15.1 Å². The van der Waals surface area contributed by atoms with Crippen LogP contribution < -0.4 is 5.56 Å². The van der Waals surface area contributed by atoms with Gasteiger partial charge in [0.15, 0.2) is 0 Å². The minimum absolute atomic E-state index is 0.0512. The number of nitrogens with one attached hydrogen (secondary N) is 1. The summed E-state index contributed by atoms with van der Waals surface area (Å²) in [6, 6.07) is 4.95. The number of nitrogens with zero attached hydrogens (tertiary/aromatic N) is 2. The number of nitriles is 1. The maximum absolute atomic E-state index is 11.3. The molecule has 2 heterocycles. The highest BCUT2D eigenvalue weighted by molar-refractivity contribution is 5.79. The molecule has 0 aliphatic rings. The molecular formula is C11H9N3O2. The van der Waals surface area contributed by atoms with Gasteiger partial charge in [-0.3, -0.25) is 9.78 Å². The lowest BCUT2D eigenvalue weighted by Crippen LogP contribution is -2.10. The van der Waals surface area contributed by atoms with Crippen LogP contribution in [0.15, 0.2) is 23.1 Å². The average Bonchev–Trinajstić information content (AvgIpc) is 2.27. The van der Waals surface area contributed by atoms with Crippen molar-refractivity contribution in [1.29, 1.82) is 5.26 Å². The maximum atomic E-state index is 11.3. The van der Waals surface area contributed by atoms with Crippen molar-refractivity contribution in [2.45, 2.75) is 13.0 Å². The summed E-state index contributed by atoms with van der Waals surface area (Å²) in [5, 5.41) is 18.8. The lowest BCUT2D eigenvalue weighted by Gasteiger charge is -2.04. The quantitative estimate of drug-likeness (QED) is 0.737. The highest BCUT2D eigenvalue weighted by Crippen LogP contribution is 2.15. The molecule has 2 rings (SSSR count). The molecule has 0 aliphatic heterocycles. The molecule has 16 heavy (non-hydrogen) atoms. The van der Waals surface area contributed by atoms with Gasteiger partial charge in [0.25, 0.3) is 5.56 Å². The molecule has 0 aromatic carbocycles. The van der Waals surface area contributed by atoms with E-state index in [2.05, 4.69) is 9.97 Å². The summed E-state index contributed by atoms with van der Waals surface area (Å²) in [7, 11) is 0. The number of pyridine rings is 2. The van der Waals surface area contributed by atoms with Gasteiger partial charge in [-0.25, -0.2) is 0 Å². The second-order valence-corrected chi connectivity index (χ2v) is 3.50. The third-order valence-corrected chi connectivity index (χ3v) is 2.30. The minimum Gasteiger partial charge on any atom is -0.387 e. The summed E-state index contributed by atoms with van der Waals surface area (Å²) in [6.07, 6.45) is 0.793. The van der Waals surface area contributed by atoms with Crippen molar-refractivity contribution in [2.75, 3.05) is 0 Å². The Morgan fingerprint density at radius 3 is 2.94 bits per heavy atom. The summed E-state index contributed by atoms with van der Waals surface area (Å²) in [4.78, 5) is 17.9. The van der Waals surface area contributed by atoms with Gasteiger partial charge in [0.2, 0.25) is 0 Å². The summed E-state index contributed by atoms with van der Waals surface area (Å²) in [5.41, 5.74) is 0.675. The zero-order valence-corrected chi connectivity index (χ0v) is 8.56. The molecule has 0 amide bonds. The van der Waals surface area contributed by atoms with Crippen molar-refractivity contribution >= 4 is 10.9 Å². The van der Waals surface area contributed by atoms with E-state index in [9.17, 15) is 9.90 Å². The van der Waals surface area contributed by atoms with Crippen LogP contribution in [0.1, 0.15) is 24.3 Å². The Hall–Kier alpha value is -2.19. The van der Waals surface area contributed by atoms with Crippen LogP contribution in [0.2, 0.25) is 0 Å². The number of hydrogen-bond donors (Lipinski definition) is 2. The lowest BCUT2D eigenvalue weighted by atomic mass is 10.1. The molecule has 0 saturated carbocycles. The first-order valence-electron chi connectivity index (χ1n) is 4.73. The Bertz CT molecular complexity index is 638. The van der Waals surface area contributed by atoms with Gasteiger partial charge in [0, 0.05) is 5.39 Å². The van der Waals surface area contributed by atoms with Gasteiger partial charge in [-0.1, -0.05) is 0 Å². The summed E-state index contributed by atoms with van der Waals surface area (Å²) in [5.74, 6) is 0. The van der Waals surface area contributed by atoms with E-state index in [4.69, 9.17) is 5.26 Å². The van der Waals surface area contributed by atoms with E-state index in [1.165, 1.54) is 12.3 Å². The number of aliphatic hydroxyl groups is 1. The van der Waals surface area contributed by atoms with Gasteiger partial charge in [-0.05, 0) is 19.1 Å². The number of aliphatic hydroxyl groups excluding tert-OH is 1. The van der Waals surface area contributed by atoms with E-state index >= 15 is 0 Å². The average molecular weight is 215 g/mol. The molecule has 2 aromatic heterocycles. The van der Waals surface area contributed by atoms with Gasteiger partial charge in [0.05, 0.1) is 23.5 Å². The Kier molecular flexibility index (Phi) is 2.43. The van der Waals surface area contributed by atoms with Crippen molar-refractivity contribution < 1.29 is 5.11 Å². The molecule has 80 valence electrons. The fraction of sp³-hybridized carbons (Fsp3) is 0.182. The van der Waals surface area contributed by atoms with Crippen LogP contribution in [0, 0.1) is 11.3 Å². The highest BCUT2D eigenvalue weighted by Gasteiger charge is 2.06. The molecule has 0 saturated heterocycles. The first kappa shape index (κ1) is 10.3. The molecule has 0 spiro atoms. The van der Waals surface area contributed by atoms with Crippen LogP contribution >= 0.6 is 0 Å². The number of H-pyrrole nitrogens is 1. The number of rotatable bonds is 1. The Labute approximate surface area is 91.0 Å². The second-order valence-electron chi connectivity index (χ2n) is 3.50. The fourth-order valence-electron chi connectivity index (χ4n) is 1.43. The largest absolute Gasteiger partial charge is 0.387 e. The minimum atomic E-state index is -0.679. The standard InChI is InChI=1S/C11H9N3O2/c1-6(15)9-3-7-2-8(4-12)11(16)14-10(7)5-13-9/h2-3,5-6,15H,1H3,(H,14,16). The van der Waals surface area contributed by atoms with E-state index in [0.29, 0.717) is 16.6 Å². The smallest absolute Gasteiger partial charge is 0.266 e. The van der Waals surface area contributed by atoms with Gasteiger partial charge >= 0.3 is 0 Å². The molecule has 0 radical (unpaired) electrons. The highest BCUT2D eigenvalue weighted by atomic mass is 16.3. The Morgan fingerprint density at radius 1 is 1.56 bits per heavy atom. The van der Waals surface area contributed by atoms with E-state index < -0.39 is 11.7 Å². The topological polar surface area (TPSA) is 89.8 Å². The predicted octanol–water partition coefficient (Wildman–Crippen LogP) is 0.848. The molecule has 1 unspecified atom stereocenters. The second kappa shape index (κ2) is 3.76. The number of fused-ring (bicyclic) bond motifs is 1. The van der Waals surface area contributed by atoms with E-state index in [0.717, 1.165) is 0 Å². The SMILES string of the molecule is CC(O)c1cc2cc(C#N)c(=O)[nH]c2cn1. The number of aromatic amines is 1. The molecular weight excluding hydrogens is 206 g/mol. The van der Waals surface area contributed by atoms with Crippen LogP contribution in [0.5, 0.6) is 0 Å². The Balaban J connectivity index is 2.74. The predicted molar refractivity (Wildman–Crippen MR) is 57.7 cm³/mol. The monoisotopic (exact) mass is 215 g/mol. The number of hydrogen-bond acceptors (Lipinski definition) is 4. The molecule has 0 fully saturated rings. The maximum Gasteiger partial charge on any atom is 0.266 e. The van der Waals surface area contributed by atoms with Gasteiger partial charge < -0.3 is 10.1 Å². The molecule has 0 bridgehead atoms. The fourth-order valence-corrected chi connectivity index (χ4v) is 1.43. The first-order valence-corrected chi connectivity index (χ1v) is 4.73. The van der Waals surface area contributed by atoms with Gasteiger partial charge in [0.1, 0.15) is 11.6 Å². The zero-order chi connectivity index (χ0) is 11.7. The first-order chi connectivity index (χ1) is 7.61. The molecule has 5 heteroatoms. The van der Waals surface area contributed by atoms with Crippen LogP contribution in [-0.2, 0) is 0 Å². The molecule has 2 N–H and O–H groups in total.